The molecule has 4 rings (SSSR count). The van der Waals surface area contributed by atoms with E-state index < -0.39 is 0 Å². The van der Waals surface area contributed by atoms with Gasteiger partial charge in [0.05, 0.1) is 26.9 Å². The number of fused-ring (bicyclic) bond motifs is 1. The number of methoxy groups -OCH3 is 3. The van der Waals surface area contributed by atoms with Gasteiger partial charge in [-0.1, -0.05) is 42.5 Å². The van der Waals surface area contributed by atoms with Crippen LogP contribution in [0.25, 0.3) is 0 Å². The average molecular weight is 418 g/mol. The number of carbonyl (C=O) groups excluding carboxylic acids is 1. The Bertz CT molecular complexity index is 1040. The van der Waals surface area contributed by atoms with Crippen molar-refractivity contribution in [2.75, 3.05) is 33.2 Å². The van der Waals surface area contributed by atoms with E-state index in [1.54, 1.807) is 21.3 Å². The monoisotopic (exact) mass is 418 g/mol. The largest absolute Gasteiger partial charge is 0.493 e. The molecule has 1 N–H and O–H groups in total. The van der Waals surface area contributed by atoms with Crippen molar-refractivity contribution in [2.45, 2.75) is 12.6 Å². The summed E-state index contributed by atoms with van der Waals surface area (Å²) in [7, 11) is 4.75. The van der Waals surface area contributed by atoms with Crippen LogP contribution in [0.2, 0.25) is 0 Å². The fraction of sp³-hybridized carbons (Fsp3) is 0.240. The van der Waals surface area contributed by atoms with Gasteiger partial charge in [-0.05, 0) is 36.2 Å². The molecule has 160 valence electrons. The first kappa shape index (κ1) is 20.6. The zero-order valence-electron chi connectivity index (χ0n) is 17.9. The molecule has 0 saturated carbocycles. The Labute approximate surface area is 182 Å². The molecule has 0 aromatic heterocycles. The summed E-state index contributed by atoms with van der Waals surface area (Å²) < 4.78 is 16.5. The number of hydrogen-bond donors (Lipinski definition) is 1. The van der Waals surface area contributed by atoms with Gasteiger partial charge in [-0.3, -0.25) is 4.79 Å². The van der Waals surface area contributed by atoms with Crippen molar-refractivity contribution in [2.24, 2.45) is 0 Å². The van der Waals surface area contributed by atoms with Crippen molar-refractivity contribution in [3.8, 4) is 17.2 Å². The molecular weight excluding hydrogens is 392 g/mol. The summed E-state index contributed by atoms with van der Waals surface area (Å²) >= 11 is 0. The van der Waals surface area contributed by atoms with Crippen LogP contribution in [0.1, 0.15) is 27.7 Å². The molecule has 1 heterocycles. The molecule has 0 unspecified atom stereocenters. The molecule has 6 nitrogen and oxygen atoms in total. The van der Waals surface area contributed by atoms with E-state index in [-0.39, 0.29) is 12.1 Å². The van der Waals surface area contributed by atoms with Gasteiger partial charge in [-0.15, -0.1) is 0 Å². The Morgan fingerprint density at radius 1 is 0.871 bits per heavy atom. The first-order valence-electron chi connectivity index (χ1n) is 10.2. The summed E-state index contributed by atoms with van der Waals surface area (Å²) in [6.07, 6.45) is 0.372. The van der Waals surface area contributed by atoms with Crippen LogP contribution in [0.4, 0.5) is 5.69 Å². The van der Waals surface area contributed by atoms with Crippen molar-refractivity contribution >= 4 is 11.6 Å². The van der Waals surface area contributed by atoms with Crippen molar-refractivity contribution in [3.05, 3.63) is 83.4 Å². The molecule has 0 saturated heterocycles. The highest BCUT2D eigenvalue weighted by Gasteiger charge is 2.33. The summed E-state index contributed by atoms with van der Waals surface area (Å²) in [5.74, 6) is 1.61. The van der Waals surface area contributed by atoms with Crippen LogP contribution < -0.4 is 19.5 Å². The Morgan fingerprint density at radius 3 is 2.16 bits per heavy atom. The van der Waals surface area contributed by atoms with E-state index in [0.717, 1.165) is 17.7 Å². The Balaban J connectivity index is 1.75. The number of rotatable bonds is 7. The molecule has 1 aliphatic rings. The number of carbonyl (C=O) groups is 1. The van der Waals surface area contributed by atoms with Crippen LogP contribution in [-0.4, -0.2) is 38.7 Å². The van der Waals surface area contributed by atoms with Crippen molar-refractivity contribution < 1.29 is 19.0 Å². The topological polar surface area (TPSA) is 60.0 Å². The second-order valence-electron chi connectivity index (χ2n) is 7.29. The number of ether oxygens (including phenoxy) is 3. The van der Waals surface area contributed by atoms with E-state index in [2.05, 4.69) is 17.4 Å². The SMILES string of the molecule is COc1cc([C@H]2Nc3ccccc3C(=O)N2CCc2ccccc2)cc(OC)c1OC. The molecule has 3 aromatic carbocycles. The Hall–Kier alpha value is -3.67. The number of anilines is 1. The van der Waals surface area contributed by atoms with E-state index in [4.69, 9.17) is 14.2 Å². The number of para-hydroxylation sites is 1. The number of benzene rings is 3. The number of hydrogen-bond acceptors (Lipinski definition) is 5. The molecule has 0 bridgehead atoms. The highest BCUT2D eigenvalue weighted by molar-refractivity contribution is 6.01. The summed E-state index contributed by atoms with van der Waals surface area (Å²) in [6.45, 7) is 0.561. The lowest BCUT2D eigenvalue weighted by atomic mass is 10.0. The fourth-order valence-electron chi connectivity index (χ4n) is 3.94. The van der Waals surface area contributed by atoms with E-state index in [1.807, 2.05) is 59.5 Å². The maximum absolute atomic E-state index is 13.5. The third kappa shape index (κ3) is 4.01. The Kier molecular flexibility index (Phi) is 5.98. The van der Waals surface area contributed by atoms with Gasteiger partial charge < -0.3 is 24.4 Å². The first-order valence-corrected chi connectivity index (χ1v) is 10.2. The molecule has 1 amide bonds. The van der Waals surface area contributed by atoms with Crippen molar-refractivity contribution in [3.63, 3.8) is 0 Å². The second-order valence-corrected chi connectivity index (χ2v) is 7.29. The molecular formula is C25H26N2O4. The third-order valence-corrected chi connectivity index (χ3v) is 5.51. The standard InChI is InChI=1S/C25H26N2O4/c1-29-21-15-18(16-22(30-2)23(21)31-3)24-26-20-12-8-7-11-19(20)25(28)27(24)14-13-17-9-5-4-6-10-17/h4-12,15-16,24,26H,13-14H2,1-3H3/t24-/m0/s1. The van der Waals surface area contributed by atoms with Gasteiger partial charge in [0.1, 0.15) is 6.17 Å². The predicted octanol–water partition coefficient (Wildman–Crippen LogP) is 4.52. The van der Waals surface area contributed by atoms with Crippen LogP contribution >= 0.6 is 0 Å². The van der Waals surface area contributed by atoms with Crippen LogP contribution in [0, 0.1) is 0 Å². The molecule has 6 heteroatoms. The van der Waals surface area contributed by atoms with E-state index in [0.29, 0.717) is 29.4 Å². The summed E-state index contributed by atoms with van der Waals surface area (Å²) in [6, 6.07) is 21.5. The molecule has 0 fully saturated rings. The molecule has 31 heavy (non-hydrogen) atoms. The smallest absolute Gasteiger partial charge is 0.257 e. The predicted molar refractivity (Wildman–Crippen MR) is 120 cm³/mol. The minimum absolute atomic E-state index is 0.0102. The highest BCUT2D eigenvalue weighted by atomic mass is 16.5. The third-order valence-electron chi connectivity index (χ3n) is 5.51. The maximum atomic E-state index is 13.5. The first-order chi connectivity index (χ1) is 15.2. The zero-order valence-corrected chi connectivity index (χ0v) is 17.9. The van der Waals surface area contributed by atoms with Gasteiger partial charge in [-0.2, -0.15) is 0 Å². The van der Waals surface area contributed by atoms with Crippen LogP contribution in [-0.2, 0) is 6.42 Å². The van der Waals surface area contributed by atoms with E-state index >= 15 is 0 Å². The van der Waals surface area contributed by atoms with Crippen LogP contribution in [0.15, 0.2) is 66.7 Å². The molecule has 1 aliphatic heterocycles. The van der Waals surface area contributed by atoms with Gasteiger partial charge in [0.15, 0.2) is 11.5 Å². The molecule has 0 radical (unpaired) electrons. The minimum atomic E-state index is -0.375. The molecule has 1 atom stereocenters. The van der Waals surface area contributed by atoms with Gasteiger partial charge in [0, 0.05) is 17.8 Å². The normalized spacial score (nSPS) is 15.1. The summed E-state index contributed by atoms with van der Waals surface area (Å²) in [5.41, 5.74) is 3.50. The number of nitrogens with zero attached hydrogens (tertiary/aromatic N) is 1. The van der Waals surface area contributed by atoms with Crippen LogP contribution in [0.5, 0.6) is 17.2 Å². The molecule has 0 spiro atoms. The van der Waals surface area contributed by atoms with Gasteiger partial charge in [0.25, 0.3) is 5.91 Å². The van der Waals surface area contributed by atoms with Gasteiger partial charge in [-0.25, -0.2) is 0 Å². The van der Waals surface area contributed by atoms with Gasteiger partial charge >= 0.3 is 0 Å². The lowest BCUT2D eigenvalue weighted by molar-refractivity contribution is 0.0685. The Morgan fingerprint density at radius 2 is 1.52 bits per heavy atom. The molecule has 0 aliphatic carbocycles. The quantitative estimate of drug-likeness (QED) is 0.611. The lowest BCUT2D eigenvalue weighted by Gasteiger charge is -2.38. The minimum Gasteiger partial charge on any atom is -0.493 e. The lowest BCUT2D eigenvalue weighted by Crippen LogP contribution is -2.44. The highest BCUT2D eigenvalue weighted by Crippen LogP contribution is 2.42. The van der Waals surface area contributed by atoms with Crippen LogP contribution in [0.3, 0.4) is 0 Å². The number of amides is 1. The average Bonchev–Trinajstić information content (AvgIpc) is 2.83. The summed E-state index contributed by atoms with van der Waals surface area (Å²) in [4.78, 5) is 15.3. The molecule has 3 aromatic rings. The maximum Gasteiger partial charge on any atom is 0.257 e. The fourth-order valence-corrected chi connectivity index (χ4v) is 3.94. The summed E-state index contributed by atoms with van der Waals surface area (Å²) in [5, 5.41) is 3.52. The van der Waals surface area contributed by atoms with Gasteiger partial charge in [0.2, 0.25) is 5.75 Å². The number of nitrogens with one attached hydrogen (secondary N) is 1. The van der Waals surface area contributed by atoms with Crippen molar-refractivity contribution in [1.29, 1.82) is 0 Å². The van der Waals surface area contributed by atoms with E-state index in [9.17, 15) is 4.79 Å². The van der Waals surface area contributed by atoms with E-state index in [1.165, 1.54) is 5.56 Å². The van der Waals surface area contributed by atoms with Crippen molar-refractivity contribution in [1.82, 2.24) is 4.90 Å². The second kappa shape index (κ2) is 9.00. The zero-order chi connectivity index (χ0) is 21.8.